The van der Waals surface area contributed by atoms with Gasteiger partial charge in [-0.05, 0) is 13.8 Å². The molecule has 1 fully saturated rings. The number of ether oxygens (including phenoxy) is 3. The van der Waals surface area contributed by atoms with Crippen molar-refractivity contribution in [3.63, 3.8) is 0 Å². The summed E-state index contributed by atoms with van der Waals surface area (Å²) >= 11 is 0. The molecule has 0 saturated carbocycles. The lowest BCUT2D eigenvalue weighted by atomic mass is 9.98. The van der Waals surface area contributed by atoms with Crippen molar-refractivity contribution < 1.29 is 39.1 Å². The van der Waals surface area contributed by atoms with Gasteiger partial charge in [0.2, 0.25) is 6.29 Å². The molecule has 1 aromatic carbocycles. The van der Waals surface area contributed by atoms with Gasteiger partial charge in [0.25, 0.3) is 0 Å². The number of methoxy groups -OCH3 is 1. The van der Waals surface area contributed by atoms with Gasteiger partial charge in [-0.3, -0.25) is 4.79 Å². The highest BCUT2D eigenvalue weighted by atomic mass is 16.7. The zero-order valence-electron chi connectivity index (χ0n) is 15.1. The first-order valence-electron chi connectivity index (χ1n) is 8.37. The number of benzene rings is 1. The summed E-state index contributed by atoms with van der Waals surface area (Å²) in [6.07, 6.45) is -4.83. The van der Waals surface area contributed by atoms with Crippen molar-refractivity contribution in [3.05, 3.63) is 33.7 Å². The summed E-state index contributed by atoms with van der Waals surface area (Å²) in [4.78, 5) is 12.1. The minimum absolute atomic E-state index is 0.0256. The highest BCUT2D eigenvalue weighted by Crippen LogP contribution is 2.39. The monoisotopic (exact) mass is 382 g/mol. The second-order valence-electron chi connectivity index (χ2n) is 6.44. The first kappa shape index (κ1) is 19.6. The van der Waals surface area contributed by atoms with Crippen molar-refractivity contribution in [1.82, 2.24) is 0 Å². The molecule has 148 valence electrons. The SMILES string of the molecule is CO[C@H]1[C@H](O)[C@@H](O)C(Oc2c(C)c(O)c3c(=O)ccoc3c2C)O[C@@H]1CO. The van der Waals surface area contributed by atoms with Crippen LogP contribution >= 0.6 is 0 Å². The highest BCUT2D eigenvalue weighted by molar-refractivity contribution is 5.89. The van der Waals surface area contributed by atoms with Crippen LogP contribution in [0.25, 0.3) is 11.0 Å². The molecular weight excluding hydrogens is 360 g/mol. The fourth-order valence-electron chi connectivity index (χ4n) is 3.33. The number of phenols is 1. The van der Waals surface area contributed by atoms with Gasteiger partial charge in [-0.15, -0.1) is 0 Å². The Hall–Kier alpha value is -2.17. The summed E-state index contributed by atoms with van der Waals surface area (Å²) in [5.41, 5.74) is 0.398. The molecule has 2 aromatic rings. The van der Waals surface area contributed by atoms with Crippen LogP contribution in [0.4, 0.5) is 0 Å². The second-order valence-corrected chi connectivity index (χ2v) is 6.44. The van der Waals surface area contributed by atoms with Gasteiger partial charge >= 0.3 is 0 Å². The second kappa shape index (κ2) is 7.45. The van der Waals surface area contributed by atoms with Crippen molar-refractivity contribution in [3.8, 4) is 11.5 Å². The molecule has 1 saturated heterocycles. The van der Waals surface area contributed by atoms with E-state index in [1.165, 1.54) is 26.4 Å². The number of rotatable bonds is 4. The van der Waals surface area contributed by atoms with Crippen LogP contribution in [0, 0.1) is 13.8 Å². The van der Waals surface area contributed by atoms with Gasteiger partial charge in [0, 0.05) is 24.3 Å². The summed E-state index contributed by atoms with van der Waals surface area (Å²) in [5.74, 6) is -0.169. The van der Waals surface area contributed by atoms with Crippen LogP contribution in [-0.2, 0) is 9.47 Å². The first-order valence-corrected chi connectivity index (χ1v) is 8.37. The molecule has 9 heteroatoms. The van der Waals surface area contributed by atoms with E-state index in [1.807, 2.05) is 0 Å². The van der Waals surface area contributed by atoms with Crippen molar-refractivity contribution in [1.29, 1.82) is 0 Å². The third kappa shape index (κ3) is 3.17. The minimum Gasteiger partial charge on any atom is -0.507 e. The molecule has 4 N–H and O–H groups in total. The lowest BCUT2D eigenvalue weighted by Crippen LogP contribution is -2.60. The highest BCUT2D eigenvalue weighted by Gasteiger charge is 2.46. The third-order valence-corrected chi connectivity index (χ3v) is 4.82. The van der Waals surface area contributed by atoms with Gasteiger partial charge in [0.05, 0.1) is 12.9 Å². The summed E-state index contributed by atoms with van der Waals surface area (Å²) in [5, 5.41) is 40.5. The Labute approximate surface area is 154 Å². The van der Waals surface area contributed by atoms with Gasteiger partial charge in [0.15, 0.2) is 5.43 Å². The van der Waals surface area contributed by atoms with Crippen LogP contribution in [0.2, 0.25) is 0 Å². The van der Waals surface area contributed by atoms with Crippen molar-refractivity contribution in [2.24, 2.45) is 0 Å². The molecule has 0 aliphatic carbocycles. The van der Waals surface area contributed by atoms with Crippen molar-refractivity contribution in [2.75, 3.05) is 13.7 Å². The Bertz CT molecular complexity index is 889. The van der Waals surface area contributed by atoms with Crippen molar-refractivity contribution >= 4 is 11.0 Å². The maximum Gasteiger partial charge on any atom is 0.229 e. The Balaban J connectivity index is 2.03. The van der Waals surface area contributed by atoms with Crippen molar-refractivity contribution in [2.45, 2.75) is 44.6 Å². The van der Waals surface area contributed by atoms with Crippen LogP contribution in [0.15, 0.2) is 21.5 Å². The van der Waals surface area contributed by atoms with Crippen LogP contribution in [0.5, 0.6) is 11.5 Å². The smallest absolute Gasteiger partial charge is 0.229 e. The fraction of sp³-hybridized carbons (Fsp3) is 0.500. The van der Waals surface area contributed by atoms with E-state index in [-0.39, 0.29) is 28.0 Å². The lowest BCUT2D eigenvalue weighted by molar-refractivity contribution is -0.282. The van der Waals surface area contributed by atoms with E-state index in [1.54, 1.807) is 6.92 Å². The van der Waals surface area contributed by atoms with Crippen LogP contribution < -0.4 is 10.2 Å². The molecule has 0 radical (unpaired) electrons. The number of aliphatic hydroxyl groups excluding tert-OH is 3. The number of hydrogen-bond acceptors (Lipinski definition) is 9. The standard InChI is InChI=1S/C18H22O9/c1-7-12(21)11-9(20)4-5-25-16(11)8(2)15(7)27-18-14(23)13(22)17(24-3)10(6-19)26-18/h4-5,10,13-14,17-19,21-23H,6H2,1-3H3/t10-,13-,14-,17-,18?/m1/s1. The summed E-state index contributed by atoms with van der Waals surface area (Å²) in [6.45, 7) is 2.70. The van der Waals surface area contributed by atoms with E-state index < -0.39 is 42.7 Å². The number of aryl methyl sites for hydroxylation is 1. The zero-order chi connectivity index (χ0) is 19.9. The van der Waals surface area contributed by atoms with Crippen LogP contribution in [-0.4, -0.2) is 64.8 Å². The largest absolute Gasteiger partial charge is 0.507 e. The molecule has 1 aliphatic rings. The molecule has 5 atom stereocenters. The number of phenolic OH excluding ortho intramolecular Hbond substituents is 1. The molecule has 2 heterocycles. The maximum atomic E-state index is 12.1. The minimum atomic E-state index is -1.47. The predicted molar refractivity (Wildman–Crippen MR) is 92.8 cm³/mol. The molecular formula is C18H22O9. The van der Waals surface area contributed by atoms with E-state index in [9.17, 15) is 25.2 Å². The molecule has 1 unspecified atom stereocenters. The van der Waals surface area contributed by atoms with Gasteiger partial charge in [-0.2, -0.15) is 0 Å². The van der Waals surface area contributed by atoms with E-state index in [0.717, 1.165) is 0 Å². The normalized spacial score (nSPS) is 28.4. The van der Waals surface area contributed by atoms with Gasteiger partial charge < -0.3 is 39.1 Å². The fourth-order valence-corrected chi connectivity index (χ4v) is 3.33. The molecule has 1 aromatic heterocycles. The summed E-state index contributed by atoms with van der Waals surface area (Å²) in [6, 6.07) is 1.20. The summed E-state index contributed by atoms with van der Waals surface area (Å²) in [7, 11) is 1.32. The Morgan fingerprint density at radius 1 is 1.19 bits per heavy atom. The lowest BCUT2D eigenvalue weighted by Gasteiger charge is -2.41. The number of aromatic hydroxyl groups is 1. The van der Waals surface area contributed by atoms with Gasteiger partial charge in [-0.25, -0.2) is 0 Å². The molecule has 9 nitrogen and oxygen atoms in total. The number of hydrogen-bond donors (Lipinski definition) is 4. The molecule has 0 bridgehead atoms. The first-order chi connectivity index (χ1) is 12.8. The van der Waals surface area contributed by atoms with E-state index in [4.69, 9.17) is 18.6 Å². The maximum absolute atomic E-state index is 12.1. The number of aliphatic hydroxyl groups is 3. The van der Waals surface area contributed by atoms with Gasteiger partial charge in [0.1, 0.15) is 46.9 Å². The topological polar surface area (TPSA) is 139 Å². The predicted octanol–water partition coefficient (Wildman–Crippen LogP) is -0.0518. The Kier molecular flexibility index (Phi) is 5.41. The quantitative estimate of drug-likeness (QED) is 0.573. The average molecular weight is 382 g/mol. The molecule has 3 rings (SSSR count). The molecule has 0 spiro atoms. The Morgan fingerprint density at radius 2 is 1.89 bits per heavy atom. The summed E-state index contributed by atoms with van der Waals surface area (Å²) < 4.78 is 21.7. The van der Waals surface area contributed by atoms with E-state index >= 15 is 0 Å². The van der Waals surface area contributed by atoms with Gasteiger partial charge in [-0.1, -0.05) is 0 Å². The Morgan fingerprint density at radius 3 is 2.52 bits per heavy atom. The molecule has 0 amide bonds. The number of fused-ring (bicyclic) bond motifs is 1. The van der Waals surface area contributed by atoms with Crippen LogP contribution in [0.3, 0.4) is 0 Å². The van der Waals surface area contributed by atoms with E-state index in [2.05, 4.69) is 0 Å². The average Bonchev–Trinajstić information content (AvgIpc) is 2.66. The van der Waals surface area contributed by atoms with Crippen LogP contribution in [0.1, 0.15) is 11.1 Å². The molecule has 27 heavy (non-hydrogen) atoms. The third-order valence-electron chi connectivity index (χ3n) is 4.82. The molecule has 1 aliphatic heterocycles. The zero-order valence-corrected chi connectivity index (χ0v) is 15.1. The van der Waals surface area contributed by atoms with E-state index in [0.29, 0.717) is 5.56 Å².